The lowest BCUT2D eigenvalue weighted by Gasteiger charge is -2.07. The number of methoxy groups -OCH3 is 1. The minimum absolute atomic E-state index is 0.186. The van der Waals surface area contributed by atoms with Crippen molar-refractivity contribution < 1.29 is 13.9 Å². The fourth-order valence-corrected chi connectivity index (χ4v) is 1.80. The highest BCUT2D eigenvalue weighted by molar-refractivity contribution is 5.94. The molecule has 0 unspecified atom stereocenters. The van der Waals surface area contributed by atoms with Gasteiger partial charge in [0, 0.05) is 26.4 Å². The van der Waals surface area contributed by atoms with Gasteiger partial charge in [-0.15, -0.1) is 0 Å². The number of benzene rings is 1. The molecule has 0 saturated carbocycles. The lowest BCUT2D eigenvalue weighted by Crippen LogP contribution is -2.27. The average Bonchev–Trinajstić information content (AvgIpc) is 2.55. The first-order chi connectivity index (χ1) is 10.7. The summed E-state index contributed by atoms with van der Waals surface area (Å²) in [6.45, 7) is 1.46. The topological polar surface area (TPSA) is 63.2 Å². The second-order valence-electron chi connectivity index (χ2n) is 4.66. The summed E-state index contributed by atoms with van der Waals surface area (Å²) in [5.41, 5.74) is 1.44. The van der Waals surface area contributed by atoms with Crippen molar-refractivity contribution in [1.82, 2.24) is 10.3 Å². The maximum absolute atomic E-state index is 12.8. The minimum Gasteiger partial charge on any atom is -0.383 e. The lowest BCUT2D eigenvalue weighted by molar-refractivity contribution is 0.0937. The van der Waals surface area contributed by atoms with Gasteiger partial charge in [0.05, 0.1) is 12.2 Å². The summed E-state index contributed by atoms with van der Waals surface area (Å²) in [4.78, 5) is 16.0. The Bertz CT molecular complexity index is 600. The normalized spacial score (nSPS) is 10.3. The van der Waals surface area contributed by atoms with Crippen LogP contribution in [0.15, 0.2) is 42.6 Å². The number of hydrogen-bond donors (Lipinski definition) is 2. The van der Waals surface area contributed by atoms with Gasteiger partial charge in [-0.1, -0.05) is 12.1 Å². The van der Waals surface area contributed by atoms with Gasteiger partial charge in [-0.3, -0.25) is 4.79 Å². The molecule has 0 atom stereocenters. The predicted octanol–water partition coefficient (Wildman–Crippen LogP) is 2.21. The van der Waals surface area contributed by atoms with Gasteiger partial charge in [-0.25, -0.2) is 9.37 Å². The van der Waals surface area contributed by atoms with Crippen LogP contribution < -0.4 is 10.6 Å². The molecule has 0 spiro atoms. The Labute approximate surface area is 128 Å². The SMILES string of the molecule is COCCNC(=O)c1ccc(NCc2ccc(F)cc2)nc1. The molecule has 1 aromatic carbocycles. The van der Waals surface area contributed by atoms with Gasteiger partial charge >= 0.3 is 0 Å². The number of ether oxygens (including phenoxy) is 1. The van der Waals surface area contributed by atoms with Crippen LogP contribution >= 0.6 is 0 Å². The fraction of sp³-hybridized carbons (Fsp3) is 0.250. The van der Waals surface area contributed by atoms with E-state index in [0.717, 1.165) is 5.56 Å². The highest BCUT2D eigenvalue weighted by atomic mass is 19.1. The number of halogens is 1. The molecule has 0 fully saturated rings. The first-order valence-corrected chi connectivity index (χ1v) is 6.90. The summed E-state index contributed by atoms with van der Waals surface area (Å²) in [7, 11) is 1.58. The molecule has 0 radical (unpaired) electrons. The van der Waals surface area contributed by atoms with Crippen molar-refractivity contribution in [2.24, 2.45) is 0 Å². The van der Waals surface area contributed by atoms with Crippen LogP contribution in [0.3, 0.4) is 0 Å². The van der Waals surface area contributed by atoms with E-state index in [-0.39, 0.29) is 11.7 Å². The van der Waals surface area contributed by atoms with E-state index >= 15 is 0 Å². The molecule has 0 saturated heterocycles. The standard InChI is InChI=1S/C16H18FN3O2/c1-22-9-8-18-16(21)13-4-7-15(20-11-13)19-10-12-2-5-14(17)6-3-12/h2-7,11H,8-10H2,1H3,(H,18,21)(H,19,20). The van der Waals surface area contributed by atoms with Crippen molar-refractivity contribution in [2.45, 2.75) is 6.54 Å². The molecular weight excluding hydrogens is 285 g/mol. The Balaban J connectivity index is 1.86. The molecule has 0 aliphatic heterocycles. The van der Waals surface area contributed by atoms with Gasteiger partial charge in [0.15, 0.2) is 0 Å². The highest BCUT2D eigenvalue weighted by Crippen LogP contribution is 2.08. The zero-order valence-corrected chi connectivity index (χ0v) is 12.3. The van der Waals surface area contributed by atoms with E-state index in [1.54, 1.807) is 31.4 Å². The van der Waals surface area contributed by atoms with Crippen LogP contribution in [0.1, 0.15) is 15.9 Å². The average molecular weight is 303 g/mol. The maximum Gasteiger partial charge on any atom is 0.252 e. The molecule has 1 amide bonds. The van der Waals surface area contributed by atoms with E-state index in [1.165, 1.54) is 18.3 Å². The van der Waals surface area contributed by atoms with Gasteiger partial charge in [-0.2, -0.15) is 0 Å². The molecule has 5 nitrogen and oxygen atoms in total. The second-order valence-corrected chi connectivity index (χ2v) is 4.66. The van der Waals surface area contributed by atoms with Crippen molar-refractivity contribution in [3.8, 4) is 0 Å². The Morgan fingerprint density at radius 3 is 2.64 bits per heavy atom. The second kappa shape index (κ2) is 8.09. The van der Waals surface area contributed by atoms with Crippen LogP contribution in [0.5, 0.6) is 0 Å². The summed E-state index contributed by atoms with van der Waals surface area (Å²) >= 11 is 0. The van der Waals surface area contributed by atoms with Crippen LogP contribution in [0, 0.1) is 5.82 Å². The molecule has 116 valence electrons. The molecule has 0 bridgehead atoms. The molecule has 2 aromatic rings. The third kappa shape index (κ3) is 4.82. The quantitative estimate of drug-likeness (QED) is 0.770. The summed E-state index contributed by atoms with van der Waals surface area (Å²) in [6.07, 6.45) is 1.51. The first-order valence-electron chi connectivity index (χ1n) is 6.90. The van der Waals surface area contributed by atoms with Crippen molar-refractivity contribution in [3.05, 3.63) is 59.5 Å². The van der Waals surface area contributed by atoms with Crippen molar-refractivity contribution >= 4 is 11.7 Å². The summed E-state index contributed by atoms with van der Waals surface area (Å²) in [5, 5.41) is 5.84. The summed E-state index contributed by atoms with van der Waals surface area (Å²) in [5.74, 6) is 0.207. The fourth-order valence-electron chi connectivity index (χ4n) is 1.80. The first kappa shape index (κ1) is 15.9. The van der Waals surface area contributed by atoms with Gasteiger partial charge in [0.1, 0.15) is 11.6 Å². The Kier molecular flexibility index (Phi) is 5.85. The number of amides is 1. The molecular formula is C16H18FN3O2. The Hall–Kier alpha value is -2.47. The van der Waals surface area contributed by atoms with Gasteiger partial charge in [0.25, 0.3) is 5.91 Å². The van der Waals surface area contributed by atoms with E-state index in [2.05, 4.69) is 15.6 Å². The van der Waals surface area contributed by atoms with Crippen LogP contribution in [0.2, 0.25) is 0 Å². The molecule has 22 heavy (non-hydrogen) atoms. The van der Waals surface area contributed by atoms with E-state index in [1.807, 2.05) is 0 Å². The van der Waals surface area contributed by atoms with Crippen LogP contribution in [-0.2, 0) is 11.3 Å². The van der Waals surface area contributed by atoms with E-state index < -0.39 is 0 Å². The number of carbonyl (C=O) groups is 1. The molecule has 1 aromatic heterocycles. The molecule has 1 heterocycles. The monoisotopic (exact) mass is 303 g/mol. The van der Waals surface area contributed by atoms with E-state index in [0.29, 0.717) is 31.1 Å². The van der Waals surface area contributed by atoms with Gasteiger partial charge < -0.3 is 15.4 Å². The summed E-state index contributed by atoms with van der Waals surface area (Å²) in [6, 6.07) is 9.67. The van der Waals surface area contributed by atoms with E-state index in [4.69, 9.17) is 4.74 Å². The highest BCUT2D eigenvalue weighted by Gasteiger charge is 2.05. The zero-order chi connectivity index (χ0) is 15.8. The van der Waals surface area contributed by atoms with Crippen molar-refractivity contribution in [1.29, 1.82) is 0 Å². The zero-order valence-electron chi connectivity index (χ0n) is 12.3. The number of pyridine rings is 1. The lowest BCUT2D eigenvalue weighted by atomic mass is 10.2. The Morgan fingerprint density at radius 1 is 1.23 bits per heavy atom. The number of nitrogens with zero attached hydrogens (tertiary/aromatic N) is 1. The molecule has 0 aliphatic rings. The van der Waals surface area contributed by atoms with Crippen LogP contribution in [-0.4, -0.2) is 31.2 Å². The number of aromatic nitrogens is 1. The Morgan fingerprint density at radius 2 is 2.00 bits per heavy atom. The molecule has 6 heteroatoms. The smallest absolute Gasteiger partial charge is 0.252 e. The number of carbonyl (C=O) groups excluding carboxylic acids is 1. The van der Waals surface area contributed by atoms with Gasteiger partial charge in [-0.05, 0) is 29.8 Å². The number of anilines is 1. The number of nitrogens with one attached hydrogen (secondary N) is 2. The van der Waals surface area contributed by atoms with Crippen LogP contribution in [0.25, 0.3) is 0 Å². The number of rotatable bonds is 7. The third-order valence-corrected chi connectivity index (χ3v) is 3.00. The maximum atomic E-state index is 12.8. The molecule has 2 rings (SSSR count). The van der Waals surface area contributed by atoms with Gasteiger partial charge in [0.2, 0.25) is 0 Å². The van der Waals surface area contributed by atoms with Crippen molar-refractivity contribution in [2.75, 3.05) is 25.6 Å². The number of hydrogen-bond acceptors (Lipinski definition) is 4. The largest absolute Gasteiger partial charge is 0.383 e. The molecule has 0 aliphatic carbocycles. The van der Waals surface area contributed by atoms with Crippen molar-refractivity contribution in [3.63, 3.8) is 0 Å². The summed E-state index contributed by atoms with van der Waals surface area (Å²) < 4.78 is 17.7. The van der Waals surface area contributed by atoms with E-state index in [9.17, 15) is 9.18 Å². The predicted molar refractivity (Wildman–Crippen MR) is 82.2 cm³/mol. The van der Waals surface area contributed by atoms with Crippen LogP contribution in [0.4, 0.5) is 10.2 Å². The minimum atomic E-state index is -0.259. The molecule has 2 N–H and O–H groups in total. The third-order valence-electron chi connectivity index (χ3n) is 3.00.